The van der Waals surface area contributed by atoms with E-state index in [0.717, 1.165) is 22.2 Å². The van der Waals surface area contributed by atoms with Crippen LogP contribution in [0, 0.1) is 0 Å². The van der Waals surface area contributed by atoms with Gasteiger partial charge in [-0.25, -0.2) is 4.79 Å². The zero-order valence-corrected chi connectivity index (χ0v) is 15.7. The van der Waals surface area contributed by atoms with E-state index in [1.165, 1.54) is 6.08 Å². The fourth-order valence-corrected chi connectivity index (χ4v) is 3.89. The average molecular weight is 412 g/mol. The van der Waals surface area contributed by atoms with E-state index in [2.05, 4.69) is 0 Å². The van der Waals surface area contributed by atoms with Crippen molar-refractivity contribution in [2.75, 3.05) is 0 Å². The minimum Gasteiger partial charge on any atom is -0.481 e. The van der Waals surface area contributed by atoms with Gasteiger partial charge in [-0.15, -0.1) is 0 Å². The number of rotatable bonds is 7. The van der Waals surface area contributed by atoms with Crippen molar-refractivity contribution in [1.82, 2.24) is 4.90 Å². The van der Waals surface area contributed by atoms with E-state index < -0.39 is 23.9 Å². The van der Waals surface area contributed by atoms with Crippen LogP contribution in [0.25, 0.3) is 6.08 Å². The van der Waals surface area contributed by atoms with Crippen LogP contribution < -0.4 is 0 Å². The maximum atomic E-state index is 12.5. The van der Waals surface area contributed by atoms with Crippen molar-refractivity contribution in [3.05, 3.63) is 51.9 Å². The molecule has 1 unspecified atom stereocenters. The molecule has 1 saturated heterocycles. The van der Waals surface area contributed by atoms with Gasteiger partial charge in [0.25, 0.3) is 5.91 Å². The van der Waals surface area contributed by atoms with Gasteiger partial charge < -0.3 is 10.2 Å². The number of hydrogen-bond acceptors (Lipinski definition) is 5. The summed E-state index contributed by atoms with van der Waals surface area (Å²) in [6.07, 6.45) is 2.46. The molecule has 0 aliphatic carbocycles. The lowest BCUT2D eigenvalue weighted by Gasteiger charge is -2.22. The number of hydrogen-bond donors (Lipinski definition) is 2. The van der Waals surface area contributed by atoms with Crippen molar-refractivity contribution in [2.45, 2.75) is 18.9 Å². The summed E-state index contributed by atoms with van der Waals surface area (Å²) in [5.74, 6) is -3.06. The maximum absolute atomic E-state index is 12.5. The number of benzene rings is 1. The lowest BCUT2D eigenvalue weighted by Crippen LogP contribution is -2.44. The number of amides is 1. The van der Waals surface area contributed by atoms with E-state index in [-0.39, 0.29) is 27.1 Å². The Hall–Kier alpha value is -2.16. The number of carboxylic acid groups (broad SMARTS) is 2. The maximum Gasteiger partial charge on any atom is 0.326 e. The molecule has 1 amide bonds. The second-order valence-corrected chi connectivity index (χ2v) is 7.39. The highest BCUT2D eigenvalue weighted by Gasteiger charge is 2.40. The van der Waals surface area contributed by atoms with E-state index in [4.69, 9.17) is 28.9 Å². The van der Waals surface area contributed by atoms with Crippen LogP contribution in [0.1, 0.15) is 18.4 Å². The van der Waals surface area contributed by atoms with Crippen LogP contribution in [0.3, 0.4) is 0 Å². The average Bonchev–Trinajstić information content (AvgIpc) is 2.83. The number of carbonyl (C=O) groups excluding carboxylic acids is 1. The molecule has 1 heterocycles. The molecule has 136 valence electrons. The fourth-order valence-electron chi connectivity index (χ4n) is 2.25. The van der Waals surface area contributed by atoms with E-state index in [0.29, 0.717) is 0 Å². The van der Waals surface area contributed by atoms with Gasteiger partial charge in [-0.1, -0.05) is 65.9 Å². The number of thiocarbonyl (C=S) groups is 1. The second kappa shape index (κ2) is 8.98. The van der Waals surface area contributed by atoms with Crippen LogP contribution in [-0.2, 0) is 14.4 Å². The molecule has 1 atom stereocenters. The first-order valence-electron chi connectivity index (χ1n) is 7.43. The van der Waals surface area contributed by atoms with Gasteiger partial charge in [-0.2, -0.15) is 0 Å². The van der Waals surface area contributed by atoms with Gasteiger partial charge in [0, 0.05) is 11.5 Å². The van der Waals surface area contributed by atoms with Gasteiger partial charge in [0.1, 0.15) is 10.4 Å². The van der Waals surface area contributed by atoms with Crippen molar-refractivity contribution in [2.24, 2.45) is 0 Å². The van der Waals surface area contributed by atoms with Gasteiger partial charge in [-0.3, -0.25) is 14.5 Å². The highest BCUT2D eigenvalue weighted by Crippen LogP contribution is 2.35. The first-order chi connectivity index (χ1) is 12.3. The summed E-state index contributed by atoms with van der Waals surface area (Å²) >= 11 is 12.2. The molecule has 0 saturated carbocycles. The number of allylic oxidation sites excluding steroid dienone is 2. The van der Waals surface area contributed by atoms with E-state index in [1.54, 1.807) is 6.08 Å². The smallest absolute Gasteiger partial charge is 0.326 e. The third-order valence-electron chi connectivity index (χ3n) is 3.43. The van der Waals surface area contributed by atoms with Crippen LogP contribution in [0.15, 0.2) is 46.3 Å². The van der Waals surface area contributed by atoms with Crippen LogP contribution in [0.2, 0.25) is 0 Å². The molecule has 0 bridgehead atoms. The molecule has 1 aliphatic heterocycles. The van der Waals surface area contributed by atoms with Crippen molar-refractivity contribution >= 4 is 63.8 Å². The Morgan fingerprint density at radius 1 is 1.27 bits per heavy atom. The minimum absolute atomic E-state index is 0.0585. The monoisotopic (exact) mass is 411 g/mol. The van der Waals surface area contributed by atoms with E-state index >= 15 is 0 Å². The molecule has 1 aliphatic rings. The largest absolute Gasteiger partial charge is 0.481 e. The Bertz CT molecular complexity index is 807. The Kier molecular flexibility index (Phi) is 6.96. The third-order valence-corrected chi connectivity index (χ3v) is 4.97. The topological polar surface area (TPSA) is 94.9 Å². The molecule has 1 aromatic carbocycles. The lowest BCUT2D eigenvalue weighted by molar-refractivity contribution is -0.146. The standard InChI is InChI=1S/C17H14ClNO5S2/c18-11(8-10-4-2-1-3-5-10)9-13-15(22)19(17(25)26-13)12(16(23)24)6-7-14(20)21/h1-5,8-9,12H,6-7H2,(H,20,21)(H,23,24)/b11-8-,13-9+. The molecule has 0 spiro atoms. The Morgan fingerprint density at radius 3 is 2.50 bits per heavy atom. The third kappa shape index (κ3) is 5.17. The molecule has 2 N–H and O–H groups in total. The van der Waals surface area contributed by atoms with Crippen molar-refractivity contribution < 1.29 is 24.6 Å². The highest BCUT2D eigenvalue weighted by atomic mass is 35.5. The molecule has 6 nitrogen and oxygen atoms in total. The zero-order valence-electron chi connectivity index (χ0n) is 13.3. The zero-order chi connectivity index (χ0) is 19.3. The minimum atomic E-state index is -1.33. The van der Waals surface area contributed by atoms with Crippen molar-refractivity contribution in [3.8, 4) is 0 Å². The summed E-state index contributed by atoms with van der Waals surface area (Å²) in [6, 6.07) is 7.90. The van der Waals surface area contributed by atoms with Crippen LogP contribution in [0.4, 0.5) is 0 Å². The molecule has 1 aromatic rings. The van der Waals surface area contributed by atoms with E-state index in [9.17, 15) is 19.5 Å². The van der Waals surface area contributed by atoms with Gasteiger partial charge in [0.05, 0.1) is 4.91 Å². The Morgan fingerprint density at radius 2 is 1.92 bits per heavy atom. The Balaban J connectivity index is 2.22. The van der Waals surface area contributed by atoms with Crippen LogP contribution in [0.5, 0.6) is 0 Å². The number of nitrogens with zero attached hydrogens (tertiary/aromatic N) is 1. The van der Waals surface area contributed by atoms with Crippen LogP contribution in [-0.4, -0.2) is 43.3 Å². The fraction of sp³-hybridized carbons (Fsp3) is 0.176. The first-order valence-corrected chi connectivity index (χ1v) is 9.03. The second-order valence-electron chi connectivity index (χ2n) is 5.28. The number of carbonyl (C=O) groups is 3. The van der Waals surface area contributed by atoms with Crippen molar-refractivity contribution in [3.63, 3.8) is 0 Å². The summed E-state index contributed by atoms with van der Waals surface area (Å²) < 4.78 is 0.0585. The number of thioether (sulfide) groups is 1. The summed E-state index contributed by atoms with van der Waals surface area (Å²) in [6.45, 7) is 0. The predicted molar refractivity (Wildman–Crippen MR) is 104 cm³/mol. The van der Waals surface area contributed by atoms with Gasteiger partial charge in [0.2, 0.25) is 0 Å². The van der Waals surface area contributed by atoms with Gasteiger partial charge >= 0.3 is 11.9 Å². The summed E-state index contributed by atoms with van der Waals surface area (Å²) in [5.41, 5.74) is 0.842. The van der Waals surface area contributed by atoms with E-state index in [1.807, 2.05) is 30.3 Å². The van der Waals surface area contributed by atoms with Gasteiger partial charge in [-0.05, 0) is 24.1 Å². The van der Waals surface area contributed by atoms with Crippen LogP contribution >= 0.6 is 35.6 Å². The summed E-state index contributed by atoms with van der Waals surface area (Å²) in [4.78, 5) is 35.8. The first kappa shape index (κ1) is 20.2. The SMILES string of the molecule is O=C(O)CCC(C(=O)O)N1C(=O)/C(=C\C(Cl)=C\c2ccccc2)SC1=S. The molecule has 0 aromatic heterocycles. The molecule has 1 fully saturated rings. The molecule has 26 heavy (non-hydrogen) atoms. The number of carboxylic acids is 2. The molecular weight excluding hydrogens is 398 g/mol. The number of halogens is 1. The quantitative estimate of drug-likeness (QED) is 0.524. The summed E-state index contributed by atoms with van der Waals surface area (Å²) in [7, 11) is 0. The molecule has 9 heteroatoms. The molecule has 2 rings (SSSR count). The van der Waals surface area contributed by atoms with Gasteiger partial charge in [0.15, 0.2) is 0 Å². The normalized spacial score (nSPS) is 17.7. The predicted octanol–water partition coefficient (Wildman–Crippen LogP) is 3.33. The molecular formula is C17H14ClNO5S2. The summed E-state index contributed by atoms with van der Waals surface area (Å²) in [5, 5.41) is 18.4. The lowest BCUT2D eigenvalue weighted by atomic mass is 10.1. The Labute approximate surface area is 164 Å². The number of aliphatic carboxylic acids is 2. The molecule has 0 radical (unpaired) electrons. The van der Waals surface area contributed by atoms with Crippen molar-refractivity contribution in [1.29, 1.82) is 0 Å². The highest BCUT2D eigenvalue weighted by molar-refractivity contribution is 8.26.